The Kier molecular flexibility index (Phi) is 4.00. The third kappa shape index (κ3) is 2.90. The molecule has 4 nitrogen and oxygen atoms in total. The van der Waals surface area contributed by atoms with Crippen molar-refractivity contribution in [2.45, 2.75) is 22.1 Å². The van der Waals surface area contributed by atoms with Crippen LogP contribution in [-0.2, 0) is 0 Å². The smallest absolute Gasteiger partial charge is 0.294 e. The van der Waals surface area contributed by atoms with Crippen molar-refractivity contribution in [3.8, 4) is 0 Å². The summed E-state index contributed by atoms with van der Waals surface area (Å²) < 4.78 is 0.599. The quantitative estimate of drug-likeness (QED) is 0.682. The van der Waals surface area contributed by atoms with Crippen molar-refractivity contribution in [2.75, 3.05) is 0 Å². The van der Waals surface area contributed by atoms with Gasteiger partial charge in [-0.1, -0.05) is 30.0 Å². The van der Waals surface area contributed by atoms with Crippen molar-refractivity contribution in [2.24, 2.45) is 0 Å². The van der Waals surface area contributed by atoms with Gasteiger partial charge < -0.3 is 5.11 Å². The average molecular weight is 281 g/mol. The van der Waals surface area contributed by atoms with Crippen molar-refractivity contribution in [3.05, 3.63) is 51.4 Å². The number of aliphatic hydroxyl groups excluding tert-OH is 1. The van der Waals surface area contributed by atoms with Crippen LogP contribution in [0.4, 0.5) is 5.69 Å². The predicted molar refractivity (Wildman–Crippen MR) is 72.2 cm³/mol. The fourth-order valence-electron chi connectivity index (χ4n) is 1.38. The van der Waals surface area contributed by atoms with Gasteiger partial charge in [-0.15, -0.1) is 11.3 Å². The largest absolute Gasteiger partial charge is 0.388 e. The van der Waals surface area contributed by atoms with Crippen LogP contribution in [0.3, 0.4) is 0 Å². The van der Waals surface area contributed by atoms with Crippen LogP contribution >= 0.6 is 23.1 Å². The Bertz CT molecular complexity index is 552. The lowest BCUT2D eigenvalue weighted by Gasteiger charge is -1.98. The van der Waals surface area contributed by atoms with E-state index >= 15 is 0 Å². The molecule has 0 spiro atoms. The third-order valence-electron chi connectivity index (χ3n) is 2.26. The summed E-state index contributed by atoms with van der Waals surface area (Å²) in [6.07, 6.45) is -0.682. The number of benzene rings is 1. The highest BCUT2D eigenvalue weighted by molar-refractivity contribution is 8.01. The van der Waals surface area contributed by atoms with E-state index in [-0.39, 0.29) is 5.69 Å². The highest BCUT2D eigenvalue weighted by atomic mass is 32.2. The van der Waals surface area contributed by atoms with Gasteiger partial charge >= 0.3 is 0 Å². The molecule has 1 aromatic carbocycles. The lowest BCUT2D eigenvalue weighted by molar-refractivity contribution is -0.387. The average Bonchev–Trinajstić information content (AvgIpc) is 2.74. The highest BCUT2D eigenvalue weighted by Crippen LogP contribution is 2.42. The number of thiophene rings is 1. The first-order valence-corrected chi connectivity index (χ1v) is 6.90. The van der Waals surface area contributed by atoms with Gasteiger partial charge in [0.25, 0.3) is 5.69 Å². The summed E-state index contributed by atoms with van der Waals surface area (Å²) in [5.74, 6) is 0. The molecule has 0 bridgehead atoms. The molecule has 0 saturated carbocycles. The minimum Gasteiger partial charge on any atom is -0.388 e. The maximum atomic E-state index is 11.0. The van der Waals surface area contributed by atoms with Crippen LogP contribution in [0, 0.1) is 10.1 Å². The molecule has 0 radical (unpaired) electrons. The van der Waals surface area contributed by atoms with Crippen LogP contribution in [-0.4, -0.2) is 10.0 Å². The second-order valence-electron chi connectivity index (χ2n) is 3.67. The third-order valence-corrected chi connectivity index (χ3v) is 4.75. The molecule has 2 aromatic rings. The van der Waals surface area contributed by atoms with Crippen LogP contribution in [0.5, 0.6) is 0 Å². The Morgan fingerprint density at radius 3 is 2.61 bits per heavy atom. The number of hydrogen-bond donors (Lipinski definition) is 1. The van der Waals surface area contributed by atoms with E-state index in [0.717, 1.165) is 4.90 Å². The van der Waals surface area contributed by atoms with Gasteiger partial charge in [-0.05, 0) is 19.1 Å². The van der Waals surface area contributed by atoms with Crippen molar-refractivity contribution in [1.29, 1.82) is 0 Å². The van der Waals surface area contributed by atoms with Crippen LogP contribution in [0.1, 0.15) is 17.9 Å². The molecule has 0 fully saturated rings. The first-order chi connectivity index (χ1) is 8.58. The van der Waals surface area contributed by atoms with Crippen molar-refractivity contribution >= 4 is 28.8 Å². The first-order valence-electron chi connectivity index (χ1n) is 5.27. The molecule has 0 saturated heterocycles. The molecule has 1 atom stereocenters. The Hall–Kier alpha value is -1.37. The molecule has 2 rings (SSSR count). The molecule has 94 valence electrons. The molecule has 18 heavy (non-hydrogen) atoms. The van der Waals surface area contributed by atoms with Crippen molar-refractivity contribution in [3.63, 3.8) is 0 Å². The van der Waals surface area contributed by atoms with Crippen LogP contribution in [0.15, 0.2) is 45.5 Å². The van der Waals surface area contributed by atoms with Gasteiger partial charge in [-0.2, -0.15) is 0 Å². The van der Waals surface area contributed by atoms with Crippen LogP contribution in [0.25, 0.3) is 0 Å². The number of nitrogens with zero attached hydrogens (tertiary/aromatic N) is 1. The molecule has 1 aromatic heterocycles. The van der Waals surface area contributed by atoms with E-state index in [1.807, 2.05) is 30.3 Å². The zero-order chi connectivity index (χ0) is 13.1. The van der Waals surface area contributed by atoms with Crippen molar-refractivity contribution < 1.29 is 10.0 Å². The van der Waals surface area contributed by atoms with E-state index in [0.29, 0.717) is 9.09 Å². The Balaban J connectivity index is 2.34. The Morgan fingerprint density at radius 1 is 1.39 bits per heavy atom. The molecule has 1 unspecified atom stereocenters. The maximum Gasteiger partial charge on any atom is 0.294 e. The maximum absolute atomic E-state index is 11.0. The molecule has 0 aliphatic rings. The number of rotatable bonds is 4. The second kappa shape index (κ2) is 5.51. The zero-order valence-electron chi connectivity index (χ0n) is 9.57. The summed E-state index contributed by atoms with van der Waals surface area (Å²) in [4.78, 5) is 12.1. The van der Waals surface area contributed by atoms with Gasteiger partial charge in [-0.25, -0.2) is 0 Å². The minimum absolute atomic E-state index is 0.0600. The monoisotopic (exact) mass is 281 g/mol. The molecule has 0 aliphatic heterocycles. The van der Waals surface area contributed by atoms with E-state index in [2.05, 4.69) is 0 Å². The van der Waals surface area contributed by atoms with E-state index < -0.39 is 11.0 Å². The molecule has 1 heterocycles. The summed E-state index contributed by atoms with van der Waals surface area (Å²) in [5, 5.41) is 20.5. The number of aliphatic hydroxyl groups is 1. The van der Waals surface area contributed by atoms with E-state index in [1.165, 1.54) is 29.2 Å². The zero-order valence-corrected chi connectivity index (χ0v) is 11.2. The van der Waals surface area contributed by atoms with Gasteiger partial charge in [0.2, 0.25) is 0 Å². The normalized spacial score (nSPS) is 12.3. The molecule has 6 heteroatoms. The topological polar surface area (TPSA) is 63.4 Å². The number of hydrogen-bond acceptors (Lipinski definition) is 5. The first kappa shape index (κ1) is 13.1. The second-order valence-corrected chi connectivity index (χ2v) is 6.10. The summed E-state index contributed by atoms with van der Waals surface area (Å²) in [6.45, 7) is 1.60. The molecule has 0 aliphatic carbocycles. The lowest BCUT2D eigenvalue weighted by atomic mass is 10.3. The predicted octanol–water partition coefficient (Wildman–Crippen LogP) is 3.86. The SMILES string of the molecule is CC(O)c1cc([N+](=O)[O-])c(Sc2ccccc2)s1. The van der Waals surface area contributed by atoms with Crippen LogP contribution in [0.2, 0.25) is 0 Å². The Labute approximate surface area is 112 Å². The van der Waals surface area contributed by atoms with Gasteiger partial charge in [0, 0.05) is 15.8 Å². The van der Waals surface area contributed by atoms with Gasteiger partial charge in [-0.3, -0.25) is 10.1 Å². The van der Waals surface area contributed by atoms with Gasteiger partial charge in [0.15, 0.2) is 0 Å². The molecular weight excluding hydrogens is 270 g/mol. The van der Waals surface area contributed by atoms with Crippen LogP contribution < -0.4 is 0 Å². The van der Waals surface area contributed by atoms with Crippen molar-refractivity contribution in [1.82, 2.24) is 0 Å². The van der Waals surface area contributed by atoms with E-state index in [4.69, 9.17) is 0 Å². The Morgan fingerprint density at radius 2 is 2.06 bits per heavy atom. The van der Waals surface area contributed by atoms with E-state index in [1.54, 1.807) is 6.92 Å². The molecular formula is C12H11NO3S2. The fourth-order valence-corrected chi connectivity index (χ4v) is 3.67. The summed E-state index contributed by atoms with van der Waals surface area (Å²) in [6, 6.07) is 10.9. The fraction of sp³-hybridized carbons (Fsp3) is 0.167. The summed E-state index contributed by atoms with van der Waals surface area (Å²) >= 11 is 2.61. The molecule has 0 amide bonds. The lowest BCUT2D eigenvalue weighted by Crippen LogP contribution is -1.87. The standard InChI is InChI=1S/C12H11NO3S2/c1-8(14)11-7-10(13(15)16)12(18-11)17-9-5-3-2-4-6-9/h2-8,14H,1H3. The van der Waals surface area contributed by atoms with Gasteiger partial charge in [0.05, 0.1) is 11.0 Å². The van der Waals surface area contributed by atoms with Gasteiger partial charge in [0.1, 0.15) is 4.21 Å². The molecule has 1 N–H and O–H groups in total. The summed E-state index contributed by atoms with van der Waals surface area (Å²) in [7, 11) is 0. The minimum atomic E-state index is -0.682. The van der Waals surface area contributed by atoms with E-state index in [9.17, 15) is 15.2 Å². The number of nitro groups is 1. The highest BCUT2D eigenvalue weighted by Gasteiger charge is 2.21. The summed E-state index contributed by atoms with van der Waals surface area (Å²) in [5.41, 5.74) is 0.0600.